The van der Waals surface area contributed by atoms with Gasteiger partial charge in [-0.25, -0.2) is 0 Å². The van der Waals surface area contributed by atoms with E-state index >= 15 is 0 Å². The second kappa shape index (κ2) is 7.18. The normalized spacial score (nSPS) is 21.7. The molecule has 1 amide bonds. The molecule has 1 aliphatic rings. The maximum absolute atomic E-state index is 12.5. The van der Waals surface area contributed by atoms with E-state index in [0.29, 0.717) is 12.3 Å². The lowest BCUT2D eigenvalue weighted by atomic mass is 9.91. The standard InChI is InChI=1S/C19H26N2O2/c1-14-6-5-11-21(18(14)13-22)19(23)10-4-7-15-12-20-17-9-3-2-8-16(15)17/h2-3,8-9,12,14,18,20,22H,4-7,10-11,13H2,1H3. The molecule has 1 saturated heterocycles. The minimum absolute atomic E-state index is 0.00402. The zero-order valence-electron chi connectivity index (χ0n) is 13.8. The van der Waals surface area contributed by atoms with Gasteiger partial charge in [-0.1, -0.05) is 25.1 Å². The number of amides is 1. The molecule has 0 radical (unpaired) electrons. The molecule has 0 saturated carbocycles. The van der Waals surface area contributed by atoms with E-state index in [1.54, 1.807) is 0 Å². The maximum Gasteiger partial charge on any atom is 0.222 e. The lowest BCUT2D eigenvalue weighted by Gasteiger charge is -2.39. The van der Waals surface area contributed by atoms with Crippen molar-refractivity contribution in [2.45, 2.75) is 45.1 Å². The highest BCUT2D eigenvalue weighted by Crippen LogP contribution is 2.24. The van der Waals surface area contributed by atoms with Crippen LogP contribution < -0.4 is 0 Å². The van der Waals surface area contributed by atoms with Crippen molar-refractivity contribution in [1.82, 2.24) is 9.88 Å². The van der Waals surface area contributed by atoms with Crippen LogP contribution in [0.3, 0.4) is 0 Å². The zero-order chi connectivity index (χ0) is 16.2. The molecule has 0 spiro atoms. The Morgan fingerprint density at radius 3 is 3.04 bits per heavy atom. The number of hydrogen-bond donors (Lipinski definition) is 2. The van der Waals surface area contributed by atoms with E-state index in [-0.39, 0.29) is 18.6 Å². The summed E-state index contributed by atoms with van der Waals surface area (Å²) in [6.07, 6.45) is 6.51. The fraction of sp³-hybridized carbons (Fsp3) is 0.526. The molecule has 2 N–H and O–H groups in total. The Morgan fingerprint density at radius 2 is 2.22 bits per heavy atom. The Balaban J connectivity index is 1.56. The number of piperidine rings is 1. The molecule has 0 aliphatic carbocycles. The van der Waals surface area contributed by atoms with Crippen molar-refractivity contribution in [1.29, 1.82) is 0 Å². The average Bonchev–Trinajstić information content (AvgIpc) is 2.98. The highest BCUT2D eigenvalue weighted by atomic mass is 16.3. The van der Waals surface area contributed by atoms with Gasteiger partial charge >= 0.3 is 0 Å². The smallest absolute Gasteiger partial charge is 0.222 e. The van der Waals surface area contributed by atoms with Gasteiger partial charge in [0, 0.05) is 30.1 Å². The van der Waals surface area contributed by atoms with Crippen LogP contribution in [0.25, 0.3) is 10.9 Å². The first kappa shape index (κ1) is 16.1. The van der Waals surface area contributed by atoms with E-state index < -0.39 is 0 Å². The first-order valence-electron chi connectivity index (χ1n) is 8.66. The van der Waals surface area contributed by atoms with Crippen LogP contribution in [0, 0.1) is 5.92 Å². The summed E-state index contributed by atoms with van der Waals surface area (Å²) in [5, 5.41) is 10.8. The van der Waals surface area contributed by atoms with Crippen LogP contribution in [0.4, 0.5) is 0 Å². The zero-order valence-corrected chi connectivity index (χ0v) is 13.8. The summed E-state index contributed by atoms with van der Waals surface area (Å²) < 4.78 is 0. The summed E-state index contributed by atoms with van der Waals surface area (Å²) in [5.41, 5.74) is 2.43. The lowest BCUT2D eigenvalue weighted by molar-refractivity contribution is -0.137. The number of likely N-dealkylation sites (tertiary alicyclic amines) is 1. The monoisotopic (exact) mass is 314 g/mol. The molecule has 124 valence electrons. The van der Waals surface area contributed by atoms with Crippen molar-refractivity contribution in [3.05, 3.63) is 36.0 Å². The van der Waals surface area contributed by atoms with Gasteiger partial charge in [0.05, 0.1) is 12.6 Å². The Kier molecular flexibility index (Phi) is 5.01. The molecule has 1 aromatic carbocycles. The first-order valence-corrected chi connectivity index (χ1v) is 8.66. The maximum atomic E-state index is 12.5. The van der Waals surface area contributed by atoms with Crippen molar-refractivity contribution in [2.75, 3.05) is 13.2 Å². The first-order chi connectivity index (χ1) is 11.2. The van der Waals surface area contributed by atoms with Crippen LogP contribution in [0.5, 0.6) is 0 Å². The topological polar surface area (TPSA) is 56.3 Å². The van der Waals surface area contributed by atoms with Gasteiger partial charge in [-0.15, -0.1) is 0 Å². The highest BCUT2D eigenvalue weighted by Gasteiger charge is 2.30. The second-order valence-electron chi connectivity index (χ2n) is 6.67. The predicted octanol–water partition coefficient (Wildman–Crippen LogP) is 3.11. The Hall–Kier alpha value is -1.81. The minimum Gasteiger partial charge on any atom is -0.394 e. The number of H-pyrrole nitrogens is 1. The fourth-order valence-corrected chi connectivity index (χ4v) is 3.75. The summed E-state index contributed by atoms with van der Waals surface area (Å²) in [4.78, 5) is 17.7. The van der Waals surface area contributed by atoms with Crippen molar-refractivity contribution in [2.24, 2.45) is 5.92 Å². The van der Waals surface area contributed by atoms with Crippen LogP contribution >= 0.6 is 0 Å². The molecule has 1 fully saturated rings. The van der Waals surface area contributed by atoms with E-state index in [0.717, 1.165) is 37.7 Å². The number of benzene rings is 1. The molecule has 4 nitrogen and oxygen atoms in total. The van der Waals surface area contributed by atoms with Gasteiger partial charge in [0.15, 0.2) is 0 Å². The largest absolute Gasteiger partial charge is 0.394 e. The number of fused-ring (bicyclic) bond motifs is 1. The third-order valence-corrected chi connectivity index (χ3v) is 5.13. The van der Waals surface area contributed by atoms with Crippen molar-refractivity contribution in [3.63, 3.8) is 0 Å². The molecule has 23 heavy (non-hydrogen) atoms. The number of aromatic amines is 1. The van der Waals surface area contributed by atoms with E-state index in [2.05, 4.69) is 30.2 Å². The van der Waals surface area contributed by atoms with E-state index in [4.69, 9.17) is 0 Å². The molecule has 0 bridgehead atoms. The summed E-state index contributed by atoms with van der Waals surface area (Å²) in [7, 11) is 0. The fourth-order valence-electron chi connectivity index (χ4n) is 3.75. The number of aryl methyl sites for hydroxylation is 1. The number of carbonyl (C=O) groups excluding carboxylic acids is 1. The molecule has 2 aromatic rings. The summed E-state index contributed by atoms with van der Waals surface area (Å²) in [6.45, 7) is 3.00. The Labute approximate surface area is 137 Å². The summed E-state index contributed by atoms with van der Waals surface area (Å²) in [5.74, 6) is 0.585. The molecule has 1 aromatic heterocycles. The molecule has 1 aliphatic heterocycles. The Bertz CT molecular complexity index is 664. The van der Waals surface area contributed by atoms with Crippen LogP contribution in [0.15, 0.2) is 30.5 Å². The third-order valence-electron chi connectivity index (χ3n) is 5.13. The minimum atomic E-state index is 0.00402. The molecule has 2 heterocycles. The quantitative estimate of drug-likeness (QED) is 0.891. The average molecular weight is 314 g/mol. The van der Waals surface area contributed by atoms with Crippen LogP contribution in [-0.2, 0) is 11.2 Å². The third kappa shape index (κ3) is 3.42. The number of aliphatic hydroxyl groups excluding tert-OH is 1. The van der Waals surface area contributed by atoms with E-state index in [9.17, 15) is 9.90 Å². The van der Waals surface area contributed by atoms with Gasteiger partial charge < -0.3 is 15.0 Å². The second-order valence-corrected chi connectivity index (χ2v) is 6.67. The molecule has 2 atom stereocenters. The number of nitrogens with one attached hydrogen (secondary N) is 1. The van der Waals surface area contributed by atoms with Gasteiger partial charge in [0.25, 0.3) is 0 Å². The number of aromatic nitrogens is 1. The van der Waals surface area contributed by atoms with Crippen LogP contribution in [0.1, 0.15) is 38.2 Å². The van der Waals surface area contributed by atoms with E-state index in [1.807, 2.05) is 17.0 Å². The highest BCUT2D eigenvalue weighted by molar-refractivity contribution is 5.83. The van der Waals surface area contributed by atoms with Crippen molar-refractivity contribution >= 4 is 16.8 Å². The Morgan fingerprint density at radius 1 is 1.39 bits per heavy atom. The number of para-hydroxylation sites is 1. The van der Waals surface area contributed by atoms with Gasteiger partial charge in [0.1, 0.15) is 0 Å². The van der Waals surface area contributed by atoms with Gasteiger partial charge in [-0.2, -0.15) is 0 Å². The summed E-state index contributed by atoms with van der Waals surface area (Å²) in [6, 6.07) is 8.27. The van der Waals surface area contributed by atoms with Gasteiger partial charge in [-0.05, 0) is 43.2 Å². The van der Waals surface area contributed by atoms with Gasteiger partial charge in [-0.3, -0.25) is 4.79 Å². The predicted molar refractivity (Wildman–Crippen MR) is 92.2 cm³/mol. The number of hydrogen-bond acceptors (Lipinski definition) is 2. The molecular formula is C19H26N2O2. The lowest BCUT2D eigenvalue weighted by Crippen LogP contribution is -2.49. The van der Waals surface area contributed by atoms with Crippen LogP contribution in [0.2, 0.25) is 0 Å². The summed E-state index contributed by atoms with van der Waals surface area (Å²) >= 11 is 0. The number of aliphatic hydroxyl groups is 1. The molecular weight excluding hydrogens is 288 g/mol. The van der Waals surface area contributed by atoms with Crippen molar-refractivity contribution < 1.29 is 9.90 Å². The molecule has 2 unspecified atom stereocenters. The molecule has 4 heteroatoms. The SMILES string of the molecule is CC1CCCN(C(=O)CCCc2c[nH]c3ccccc23)C1CO. The van der Waals surface area contributed by atoms with E-state index in [1.165, 1.54) is 10.9 Å². The van der Waals surface area contributed by atoms with Crippen LogP contribution in [-0.4, -0.2) is 40.1 Å². The van der Waals surface area contributed by atoms with Gasteiger partial charge in [0.2, 0.25) is 5.91 Å². The van der Waals surface area contributed by atoms with Crippen molar-refractivity contribution in [3.8, 4) is 0 Å². The molecule has 3 rings (SSSR count). The number of carbonyl (C=O) groups is 1. The number of rotatable bonds is 5. The number of nitrogens with zero attached hydrogens (tertiary/aromatic N) is 1.